The van der Waals surface area contributed by atoms with Crippen LogP contribution in [0.15, 0.2) is 67.1 Å². The monoisotopic (exact) mass is 428 g/mol. The minimum Gasteiger partial charge on any atom is -0.457 e. The molecule has 32 heavy (non-hydrogen) atoms. The third-order valence-corrected chi connectivity index (χ3v) is 6.53. The molecular weight excluding hydrogens is 400 g/mol. The maximum Gasteiger partial charge on any atom is 0.146 e. The fourth-order valence-electron chi connectivity index (χ4n) is 4.59. The van der Waals surface area contributed by atoms with Gasteiger partial charge in [-0.2, -0.15) is 0 Å². The van der Waals surface area contributed by atoms with Gasteiger partial charge < -0.3 is 26.5 Å². The summed E-state index contributed by atoms with van der Waals surface area (Å²) in [6.45, 7) is 0.518. The van der Waals surface area contributed by atoms with Crippen molar-refractivity contribution in [1.29, 1.82) is 0 Å². The minimum absolute atomic E-state index is 0.259. The molecule has 7 heteroatoms. The molecule has 2 aromatic carbocycles. The van der Waals surface area contributed by atoms with Crippen LogP contribution in [0.3, 0.4) is 0 Å². The zero-order valence-electron chi connectivity index (χ0n) is 17.9. The highest BCUT2D eigenvalue weighted by atomic mass is 16.5. The van der Waals surface area contributed by atoms with E-state index in [1.54, 1.807) is 0 Å². The topological polar surface area (TPSA) is 118 Å². The summed E-state index contributed by atoms with van der Waals surface area (Å²) in [6, 6.07) is 18.1. The first-order valence-electron chi connectivity index (χ1n) is 11.0. The number of benzene rings is 2. The van der Waals surface area contributed by atoms with Crippen LogP contribution >= 0.6 is 0 Å². The molecule has 6 N–H and O–H groups in total. The Bertz CT molecular complexity index is 1210. The molecule has 0 radical (unpaired) electrons. The highest BCUT2D eigenvalue weighted by Gasteiger charge is 2.32. The molecule has 164 valence electrons. The second-order valence-electron chi connectivity index (χ2n) is 8.64. The Hall–Kier alpha value is -3.42. The molecule has 0 spiro atoms. The van der Waals surface area contributed by atoms with Crippen LogP contribution in [0.4, 0.5) is 5.82 Å². The molecule has 7 nitrogen and oxygen atoms in total. The predicted octanol–water partition coefficient (Wildman–Crippen LogP) is 4.24. The molecule has 0 unspecified atom stereocenters. The van der Waals surface area contributed by atoms with Gasteiger partial charge in [0, 0.05) is 29.9 Å². The fraction of sp³-hybridized carbons (Fsp3) is 0.280. The van der Waals surface area contributed by atoms with E-state index in [1.807, 2.05) is 54.6 Å². The number of ether oxygens (including phenoxy) is 1. The summed E-state index contributed by atoms with van der Waals surface area (Å²) in [5.74, 6) is 2.07. The minimum atomic E-state index is -0.259. The van der Waals surface area contributed by atoms with Crippen LogP contribution in [-0.4, -0.2) is 26.6 Å². The molecular formula is C25H28N6O. The smallest absolute Gasteiger partial charge is 0.146 e. The number of hydrogen-bond donors (Lipinski definition) is 3. The summed E-state index contributed by atoms with van der Waals surface area (Å²) in [5.41, 5.74) is 21.3. The molecule has 2 aromatic heterocycles. The summed E-state index contributed by atoms with van der Waals surface area (Å²) in [7, 11) is 0. The number of rotatable bonds is 5. The van der Waals surface area contributed by atoms with Gasteiger partial charge in [0.1, 0.15) is 29.3 Å². The van der Waals surface area contributed by atoms with E-state index in [-0.39, 0.29) is 5.54 Å². The first-order valence-corrected chi connectivity index (χ1v) is 11.0. The first kappa shape index (κ1) is 20.5. The third kappa shape index (κ3) is 3.81. The van der Waals surface area contributed by atoms with Gasteiger partial charge in [-0.15, -0.1) is 0 Å². The molecule has 0 atom stereocenters. The molecule has 1 aliphatic carbocycles. The third-order valence-electron chi connectivity index (χ3n) is 6.53. The normalized spacial score (nSPS) is 21.0. The van der Waals surface area contributed by atoms with Crippen molar-refractivity contribution in [3.8, 4) is 22.6 Å². The molecule has 2 heterocycles. The van der Waals surface area contributed by atoms with Crippen molar-refractivity contribution in [3.05, 3.63) is 67.1 Å². The maximum atomic E-state index is 6.41. The molecule has 0 bridgehead atoms. The van der Waals surface area contributed by atoms with Crippen LogP contribution in [0.1, 0.15) is 31.7 Å². The first-order chi connectivity index (χ1) is 15.6. The van der Waals surface area contributed by atoms with E-state index in [9.17, 15) is 0 Å². The van der Waals surface area contributed by atoms with Crippen LogP contribution < -0.4 is 21.9 Å². The Morgan fingerprint density at radius 1 is 0.969 bits per heavy atom. The van der Waals surface area contributed by atoms with E-state index in [4.69, 9.17) is 21.9 Å². The van der Waals surface area contributed by atoms with Crippen molar-refractivity contribution in [2.45, 2.75) is 37.3 Å². The van der Waals surface area contributed by atoms with Gasteiger partial charge in [0.25, 0.3) is 0 Å². The number of aromatic nitrogens is 3. The number of hydrogen-bond acceptors (Lipinski definition) is 6. The van der Waals surface area contributed by atoms with Gasteiger partial charge in [0.05, 0.1) is 5.39 Å². The van der Waals surface area contributed by atoms with E-state index in [0.29, 0.717) is 18.4 Å². The number of nitrogens with two attached hydrogens (primary N) is 3. The Balaban J connectivity index is 1.48. The van der Waals surface area contributed by atoms with Crippen molar-refractivity contribution in [2.75, 3.05) is 12.3 Å². The standard InChI is InChI=1S/C25H28N6O/c26-15-25(28)12-10-18(11-13-25)31-14-21(22-23(27)29-16-30-24(22)31)17-6-8-20(9-7-17)32-19-4-2-1-3-5-19/h1-9,14,16,18H,10-13,15,26,28H2,(H2,27,29,30). The van der Waals surface area contributed by atoms with Crippen LogP contribution in [0.5, 0.6) is 11.5 Å². The van der Waals surface area contributed by atoms with Crippen LogP contribution in [0.2, 0.25) is 0 Å². The highest BCUT2D eigenvalue weighted by molar-refractivity contribution is 6.00. The van der Waals surface area contributed by atoms with Gasteiger partial charge in [0.2, 0.25) is 0 Å². The predicted molar refractivity (Wildman–Crippen MR) is 127 cm³/mol. The quantitative estimate of drug-likeness (QED) is 0.437. The zero-order valence-corrected chi connectivity index (χ0v) is 17.9. The van der Waals surface area contributed by atoms with E-state index >= 15 is 0 Å². The molecule has 0 saturated heterocycles. The zero-order chi connectivity index (χ0) is 22.1. The van der Waals surface area contributed by atoms with Crippen molar-refractivity contribution < 1.29 is 4.74 Å². The second kappa shape index (κ2) is 8.26. The molecule has 4 aromatic rings. The van der Waals surface area contributed by atoms with Crippen LogP contribution in [-0.2, 0) is 0 Å². The lowest BCUT2D eigenvalue weighted by Gasteiger charge is -2.36. The Kier molecular flexibility index (Phi) is 5.28. The molecule has 0 aliphatic heterocycles. The largest absolute Gasteiger partial charge is 0.457 e. The lowest BCUT2D eigenvalue weighted by molar-refractivity contribution is 0.243. The van der Waals surface area contributed by atoms with Crippen molar-refractivity contribution in [2.24, 2.45) is 11.5 Å². The average molecular weight is 429 g/mol. The van der Waals surface area contributed by atoms with Crippen molar-refractivity contribution in [3.63, 3.8) is 0 Å². The van der Waals surface area contributed by atoms with E-state index in [1.165, 1.54) is 6.33 Å². The van der Waals surface area contributed by atoms with Crippen LogP contribution in [0.25, 0.3) is 22.2 Å². The molecule has 5 rings (SSSR count). The summed E-state index contributed by atoms with van der Waals surface area (Å²) in [4.78, 5) is 8.84. The molecule has 1 aliphatic rings. The van der Waals surface area contributed by atoms with Gasteiger partial charge in [0.15, 0.2) is 0 Å². The summed E-state index contributed by atoms with van der Waals surface area (Å²) in [5, 5.41) is 0.882. The SMILES string of the molecule is NCC1(N)CCC(n2cc(-c3ccc(Oc4ccccc4)cc3)c3c(N)ncnc32)CC1. The number of fused-ring (bicyclic) bond motifs is 1. The molecule has 1 saturated carbocycles. The van der Waals surface area contributed by atoms with E-state index in [2.05, 4.69) is 20.7 Å². The summed E-state index contributed by atoms with van der Waals surface area (Å²) < 4.78 is 8.18. The lowest BCUT2D eigenvalue weighted by atomic mass is 9.80. The van der Waals surface area contributed by atoms with Gasteiger partial charge in [-0.1, -0.05) is 30.3 Å². The Labute approximate surface area is 187 Å². The molecule has 1 fully saturated rings. The number of anilines is 1. The van der Waals surface area contributed by atoms with Crippen molar-refractivity contribution >= 4 is 16.9 Å². The van der Waals surface area contributed by atoms with Gasteiger partial charge in [-0.25, -0.2) is 9.97 Å². The fourth-order valence-corrected chi connectivity index (χ4v) is 4.59. The Morgan fingerprint density at radius 3 is 2.34 bits per heavy atom. The number of para-hydroxylation sites is 1. The molecule has 0 amide bonds. The summed E-state index contributed by atoms with van der Waals surface area (Å²) in [6.07, 6.45) is 7.41. The highest BCUT2D eigenvalue weighted by Crippen LogP contribution is 2.40. The lowest BCUT2D eigenvalue weighted by Crippen LogP contribution is -2.49. The van der Waals surface area contributed by atoms with E-state index < -0.39 is 0 Å². The second-order valence-corrected chi connectivity index (χ2v) is 8.64. The average Bonchev–Trinajstić information content (AvgIpc) is 3.22. The summed E-state index contributed by atoms with van der Waals surface area (Å²) >= 11 is 0. The van der Waals surface area contributed by atoms with Gasteiger partial charge >= 0.3 is 0 Å². The number of nitrogens with zero attached hydrogens (tertiary/aromatic N) is 3. The van der Waals surface area contributed by atoms with E-state index in [0.717, 1.165) is 59.3 Å². The maximum absolute atomic E-state index is 6.41. The van der Waals surface area contributed by atoms with Crippen LogP contribution in [0, 0.1) is 0 Å². The van der Waals surface area contributed by atoms with Crippen molar-refractivity contribution in [1.82, 2.24) is 14.5 Å². The van der Waals surface area contributed by atoms with Gasteiger partial charge in [-0.05, 0) is 55.5 Å². The Morgan fingerprint density at radius 2 is 1.66 bits per heavy atom. The number of nitrogen functional groups attached to an aromatic ring is 1. The van der Waals surface area contributed by atoms with Gasteiger partial charge in [-0.3, -0.25) is 0 Å².